The number of amides is 3. The molecular weight excluding hydrogens is 372 g/mol. The second-order valence-electron chi connectivity index (χ2n) is 8.11. The van der Waals surface area contributed by atoms with Crippen LogP contribution in [-0.2, 0) is 30.3 Å². The predicted octanol–water partition coefficient (Wildman–Crippen LogP) is 2.07. The molecule has 7 nitrogen and oxygen atoms in total. The molecule has 0 aromatic heterocycles. The van der Waals surface area contributed by atoms with Crippen LogP contribution < -0.4 is 4.90 Å². The molecule has 2 aliphatic heterocycles. The van der Waals surface area contributed by atoms with Crippen LogP contribution in [0.3, 0.4) is 0 Å². The van der Waals surface area contributed by atoms with Gasteiger partial charge in [-0.1, -0.05) is 31.0 Å². The summed E-state index contributed by atoms with van der Waals surface area (Å²) in [6.07, 6.45) is 5.02. The number of imide groups is 1. The molecule has 1 aromatic rings. The highest BCUT2D eigenvalue weighted by atomic mass is 16.5. The van der Waals surface area contributed by atoms with Crippen molar-refractivity contribution in [3.63, 3.8) is 0 Å². The van der Waals surface area contributed by atoms with Crippen LogP contribution in [0.15, 0.2) is 24.3 Å². The quantitative estimate of drug-likeness (QED) is 0.573. The zero-order chi connectivity index (χ0) is 20.5. The number of esters is 1. The minimum Gasteiger partial charge on any atom is -0.454 e. The Morgan fingerprint density at radius 1 is 1.07 bits per heavy atom. The maximum Gasteiger partial charge on any atom is 0.329 e. The molecule has 0 spiro atoms. The average Bonchev–Trinajstić information content (AvgIpc) is 3.01. The number of para-hydroxylation sites is 1. The standard InChI is InChI=1S/C22H26N2O5/c1-14(24-20(26)16-9-3-4-10-17(16)21(24)27)22(28)29-13-19(25)23-12-6-8-15-7-2-5-11-18(15)23/h2,5,7,11,14,16-17H,3-4,6,8-10,12-13H2,1H3/t14-,16-,17-/m0/s1. The highest BCUT2D eigenvalue weighted by Gasteiger charge is 2.51. The topological polar surface area (TPSA) is 84.0 Å². The Morgan fingerprint density at radius 2 is 1.72 bits per heavy atom. The van der Waals surface area contributed by atoms with E-state index in [1.165, 1.54) is 6.92 Å². The molecule has 29 heavy (non-hydrogen) atoms. The van der Waals surface area contributed by atoms with E-state index < -0.39 is 18.6 Å². The smallest absolute Gasteiger partial charge is 0.329 e. The van der Waals surface area contributed by atoms with Crippen LogP contribution in [0.25, 0.3) is 0 Å². The van der Waals surface area contributed by atoms with E-state index in [4.69, 9.17) is 4.74 Å². The Hall–Kier alpha value is -2.70. The van der Waals surface area contributed by atoms with Crippen LogP contribution in [0.4, 0.5) is 5.69 Å². The molecule has 1 saturated carbocycles. The van der Waals surface area contributed by atoms with Gasteiger partial charge in [0.25, 0.3) is 5.91 Å². The van der Waals surface area contributed by atoms with Gasteiger partial charge in [0.2, 0.25) is 11.8 Å². The molecule has 2 fully saturated rings. The van der Waals surface area contributed by atoms with Crippen LogP contribution in [0.2, 0.25) is 0 Å². The second-order valence-corrected chi connectivity index (χ2v) is 8.11. The average molecular weight is 398 g/mol. The van der Waals surface area contributed by atoms with Gasteiger partial charge in [-0.3, -0.25) is 19.3 Å². The fraction of sp³-hybridized carbons (Fsp3) is 0.545. The van der Waals surface area contributed by atoms with E-state index in [0.717, 1.165) is 41.8 Å². The number of likely N-dealkylation sites (tertiary alicyclic amines) is 1. The number of aryl methyl sites for hydroxylation is 1. The number of rotatable bonds is 4. The lowest BCUT2D eigenvalue weighted by Crippen LogP contribution is -2.45. The van der Waals surface area contributed by atoms with Gasteiger partial charge in [0, 0.05) is 12.2 Å². The summed E-state index contributed by atoms with van der Waals surface area (Å²) in [6.45, 7) is 1.67. The van der Waals surface area contributed by atoms with Crippen LogP contribution >= 0.6 is 0 Å². The van der Waals surface area contributed by atoms with E-state index >= 15 is 0 Å². The lowest BCUT2D eigenvalue weighted by atomic mass is 9.81. The minimum absolute atomic E-state index is 0.277. The second kappa shape index (κ2) is 7.97. The molecule has 1 saturated heterocycles. The van der Waals surface area contributed by atoms with Gasteiger partial charge >= 0.3 is 5.97 Å². The number of anilines is 1. The van der Waals surface area contributed by atoms with Gasteiger partial charge in [0.1, 0.15) is 6.04 Å². The number of hydrogen-bond acceptors (Lipinski definition) is 5. The molecule has 0 N–H and O–H groups in total. The monoisotopic (exact) mass is 398 g/mol. The van der Waals surface area contributed by atoms with E-state index in [1.54, 1.807) is 4.90 Å². The van der Waals surface area contributed by atoms with Crippen molar-refractivity contribution in [1.82, 2.24) is 4.90 Å². The lowest BCUT2D eigenvalue weighted by Gasteiger charge is -2.29. The first-order valence-corrected chi connectivity index (χ1v) is 10.4. The van der Waals surface area contributed by atoms with Crippen molar-refractivity contribution in [2.75, 3.05) is 18.1 Å². The van der Waals surface area contributed by atoms with Crippen LogP contribution in [0, 0.1) is 11.8 Å². The summed E-state index contributed by atoms with van der Waals surface area (Å²) in [5.41, 5.74) is 1.95. The molecule has 4 rings (SSSR count). The normalized spacial score (nSPS) is 24.7. The molecule has 3 atom stereocenters. The molecule has 2 heterocycles. The molecule has 0 radical (unpaired) electrons. The summed E-state index contributed by atoms with van der Waals surface area (Å²) >= 11 is 0. The van der Waals surface area contributed by atoms with E-state index in [1.807, 2.05) is 24.3 Å². The number of nitrogens with zero attached hydrogens (tertiary/aromatic N) is 2. The third kappa shape index (κ3) is 3.54. The first kappa shape index (κ1) is 19.6. The van der Waals surface area contributed by atoms with Crippen molar-refractivity contribution in [2.24, 2.45) is 11.8 Å². The summed E-state index contributed by atoms with van der Waals surface area (Å²) in [5, 5.41) is 0. The number of hydrogen-bond donors (Lipinski definition) is 0. The van der Waals surface area contributed by atoms with Crippen molar-refractivity contribution >= 4 is 29.4 Å². The first-order valence-electron chi connectivity index (χ1n) is 10.4. The molecule has 1 aromatic carbocycles. The van der Waals surface area contributed by atoms with Crippen molar-refractivity contribution < 1.29 is 23.9 Å². The molecule has 1 aliphatic carbocycles. The highest BCUT2D eigenvalue weighted by molar-refractivity contribution is 6.08. The van der Waals surface area contributed by atoms with Crippen LogP contribution in [0.5, 0.6) is 0 Å². The molecule has 154 valence electrons. The summed E-state index contributed by atoms with van der Waals surface area (Å²) < 4.78 is 5.22. The molecule has 3 amide bonds. The number of benzene rings is 1. The van der Waals surface area contributed by atoms with E-state index in [-0.39, 0.29) is 29.6 Å². The molecule has 0 unspecified atom stereocenters. The van der Waals surface area contributed by atoms with Crippen molar-refractivity contribution in [3.05, 3.63) is 29.8 Å². The number of fused-ring (bicyclic) bond motifs is 2. The van der Waals surface area contributed by atoms with Crippen LogP contribution in [-0.4, -0.2) is 47.8 Å². The van der Waals surface area contributed by atoms with Gasteiger partial charge in [-0.05, 0) is 44.2 Å². The molecule has 0 bridgehead atoms. The SMILES string of the molecule is C[C@@H](C(=O)OCC(=O)N1CCCc2ccccc21)N1C(=O)[C@H]2CCCC[C@@H]2C1=O. The van der Waals surface area contributed by atoms with E-state index in [2.05, 4.69) is 0 Å². The summed E-state index contributed by atoms with van der Waals surface area (Å²) in [7, 11) is 0. The van der Waals surface area contributed by atoms with E-state index in [9.17, 15) is 19.2 Å². The molecule has 7 heteroatoms. The van der Waals surface area contributed by atoms with Gasteiger partial charge in [-0.2, -0.15) is 0 Å². The summed E-state index contributed by atoms with van der Waals surface area (Å²) in [5.74, 6) is -2.19. The molecule has 3 aliphatic rings. The Kier molecular flexibility index (Phi) is 5.39. The lowest BCUT2D eigenvalue weighted by molar-refractivity contribution is -0.159. The fourth-order valence-corrected chi connectivity index (χ4v) is 4.80. The summed E-state index contributed by atoms with van der Waals surface area (Å²) in [4.78, 5) is 53.1. The Bertz CT molecular complexity index is 827. The first-order chi connectivity index (χ1) is 14.0. The van der Waals surface area contributed by atoms with Gasteiger partial charge in [-0.25, -0.2) is 4.79 Å². The third-order valence-corrected chi connectivity index (χ3v) is 6.35. The van der Waals surface area contributed by atoms with Gasteiger partial charge in [0.15, 0.2) is 6.61 Å². The number of ether oxygens (including phenoxy) is 1. The summed E-state index contributed by atoms with van der Waals surface area (Å²) in [6, 6.07) is 6.69. The molecular formula is C22H26N2O5. The largest absolute Gasteiger partial charge is 0.454 e. The van der Waals surface area contributed by atoms with Gasteiger partial charge < -0.3 is 9.64 Å². The maximum atomic E-state index is 12.6. The minimum atomic E-state index is -1.01. The highest BCUT2D eigenvalue weighted by Crippen LogP contribution is 2.39. The van der Waals surface area contributed by atoms with Crippen molar-refractivity contribution in [3.8, 4) is 0 Å². The van der Waals surface area contributed by atoms with Crippen molar-refractivity contribution in [2.45, 2.75) is 51.5 Å². The van der Waals surface area contributed by atoms with Crippen LogP contribution in [0.1, 0.15) is 44.6 Å². The Morgan fingerprint density at radius 3 is 2.41 bits per heavy atom. The number of carbonyl (C=O) groups is 4. The predicted molar refractivity (Wildman–Crippen MR) is 105 cm³/mol. The maximum absolute atomic E-state index is 12.6. The van der Waals surface area contributed by atoms with E-state index in [0.29, 0.717) is 19.4 Å². The van der Waals surface area contributed by atoms with Gasteiger partial charge in [0.05, 0.1) is 11.8 Å². The van der Waals surface area contributed by atoms with Crippen molar-refractivity contribution in [1.29, 1.82) is 0 Å². The third-order valence-electron chi connectivity index (χ3n) is 6.35. The fourth-order valence-electron chi connectivity index (χ4n) is 4.80. The zero-order valence-electron chi connectivity index (χ0n) is 16.6. The van der Waals surface area contributed by atoms with Gasteiger partial charge in [-0.15, -0.1) is 0 Å². The zero-order valence-corrected chi connectivity index (χ0v) is 16.6. The number of carbonyl (C=O) groups excluding carboxylic acids is 4. The Balaban J connectivity index is 1.38. The Labute approximate surface area is 170 Å².